The van der Waals surface area contributed by atoms with Crippen molar-refractivity contribution in [2.24, 2.45) is 0 Å². The Kier molecular flexibility index (Phi) is 5.54. The normalized spacial score (nSPS) is 15.2. The van der Waals surface area contributed by atoms with Crippen molar-refractivity contribution in [1.82, 2.24) is 0 Å². The number of rotatable bonds is 6. The summed E-state index contributed by atoms with van der Waals surface area (Å²) in [5, 5.41) is 0. The number of aryl methyl sites for hydroxylation is 1. The first kappa shape index (κ1) is 18.1. The van der Waals surface area contributed by atoms with Crippen LogP contribution >= 0.6 is 11.3 Å². The number of anilines is 2. The highest BCUT2D eigenvalue weighted by Crippen LogP contribution is 2.33. The van der Waals surface area contributed by atoms with Gasteiger partial charge in [0.1, 0.15) is 9.96 Å². The SMILES string of the molecule is CCc1ccc(S(=O)(=O)Nc2cc(N3CCCCC3)ccc2OC)s1. The minimum absolute atomic E-state index is 0.328. The Hall–Kier alpha value is -1.73. The lowest BCUT2D eigenvalue weighted by Crippen LogP contribution is -2.29. The van der Waals surface area contributed by atoms with E-state index in [-0.39, 0.29) is 0 Å². The topological polar surface area (TPSA) is 58.6 Å². The molecule has 0 bridgehead atoms. The highest BCUT2D eigenvalue weighted by Gasteiger charge is 2.20. The summed E-state index contributed by atoms with van der Waals surface area (Å²) in [4.78, 5) is 3.34. The van der Waals surface area contributed by atoms with E-state index in [9.17, 15) is 8.42 Å². The van der Waals surface area contributed by atoms with E-state index in [4.69, 9.17) is 4.74 Å². The molecule has 3 rings (SSSR count). The van der Waals surface area contributed by atoms with Crippen molar-refractivity contribution in [3.63, 3.8) is 0 Å². The maximum atomic E-state index is 12.7. The Bertz CT molecular complexity index is 825. The van der Waals surface area contributed by atoms with Gasteiger partial charge in [-0.3, -0.25) is 4.72 Å². The third-order valence-corrected chi connectivity index (χ3v) is 7.49. The summed E-state index contributed by atoms with van der Waals surface area (Å²) in [5.41, 5.74) is 1.51. The Morgan fingerprint density at radius 1 is 1.16 bits per heavy atom. The van der Waals surface area contributed by atoms with Gasteiger partial charge in [0.05, 0.1) is 12.8 Å². The van der Waals surface area contributed by atoms with E-state index in [0.29, 0.717) is 15.6 Å². The van der Waals surface area contributed by atoms with Gasteiger partial charge in [-0.2, -0.15) is 0 Å². The Morgan fingerprint density at radius 3 is 2.56 bits per heavy atom. The van der Waals surface area contributed by atoms with Gasteiger partial charge in [0.2, 0.25) is 0 Å². The van der Waals surface area contributed by atoms with Crippen LogP contribution in [0, 0.1) is 0 Å². The molecule has 1 aromatic heterocycles. The zero-order chi connectivity index (χ0) is 17.9. The monoisotopic (exact) mass is 380 g/mol. The van der Waals surface area contributed by atoms with E-state index in [2.05, 4.69) is 9.62 Å². The molecule has 0 aliphatic carbocycles. The Morgan fingerprint density at radius 2 is 1.92 bits per heavy atom. The molecule has 1 aromatic carbocycles. The zero-order valence-electron chi connectivity index (χ0n) is 14.6. The van der Waals surface area contributed by atoms with Crippen LogP contribution in [0.5, 0.6) is 5.75 Å². The maximum absolute atomic E-state index is 12.7. The first-order chi connectivity index (χ1) is 12.0. The predicted octanol–water partition coefficient (Wildman–Crippen LogP) is 4.11. The van der Waals surface area contributed by atoms with Crippen LogP contribution in [0.15, 0.2) is 34.5 Å². The Labute approximate surface area is 153 Å². The first-order valence-corrected chi connectivity index (χ1v) is 10.9. The third-order valence-electron chi connectivity index (χ3n) is 4.40. The maximum Gasteiger partial charge on any atom is 0.271 e. The number of nitrogens with zero attached hydrogens (tertiary/aromatic N) is 1. The number of nitrogens with one attached hydrogen (secondary N) is 1. The molecule has 2 aromatic rings. The highest BCUT2D eigenvalue weighted by molar-refractivity contribution is 7.94. The first-order valence-electron chi connectivity index (χ1n) is 8.58. The molecule has 0 radical (unpaired) electrons. The fourth-order valence-electron chi connectivity index (χ4n) is 3.01. The molecule has 1 aliphatic rings. The molecule has 7 heteroatoms. The molecule has 25 heavy (non-hydrogen) atoms. The fraction of sp³-hybridized carbons (Fsp3) is 0.444. The minimum Gasteiger partial charge on any atom is -0.495 e. The molecule has 1 saturated heterocycles. The lowest BCUT2D eigenvalue weighted by atomic mass is 10.1. The molecule has 1 aliphatic heterocycles. The van der Waals surface area contributed by atoms with Crippen molar-refractivity contribution >= 4 is 32.7 Å². The van der Waals surface area contributed by atoms with Crippen LogP contribution in [0.25, 0.3) is 0 Å². The van der Waals surface area contributed by atoms with Gasteiger partial charge >= 0.3 is 0 Å². The molecular formula is C18H24N2O3S2. The average Bonchev–Trinajstić information content (AvgIpc) is 3.12. The molecule has 136 valence electrons. The average molecular weight is 381 g/mol. The summed E-state index contributed by atoms with van der Waals surface area (Å²) in [5.74, 6) is 0.525. The van der Waals surface area contributed by atoms with E-state index in [1.54, 1.807) is 13.2 Å². The van der Waals surface area contributed by atoms with Crippen molar-refractivity contribution in [3.05, 3.63) is 35.2 Å². The van der Waals surface area contributed by atoms with E-state index in [0.717, 1.165) is 30.1 Å². The van der Waals surface area contributed by atoms with E-state index in [1.165, 1.54) is 30.6 Å². The smallest absolute Gasteiger partial charge is 0.271 e. The van der Waals surface area contributed by atoms with Crippen molar-refractivity contribution in [2.45, 2.75) is 36.8 Å². The lowest BCUT2D eigenvalue weighted by Gasteiger charge is -2.29. The van der Waals surface area contributed by atoms with Crippen LogP contribution in [-0.2, 0) is 16.4 Å². The number of thiophene rings is 1. The quantitative estimate of drug-likeness (QED) is 0.819. The van der Waals surface area contributed by atoms with Crippen LogP contribution in [0.4, 0.5) is 11.4 Å². The third kappa shape index (κ3) is 4.10. The van der Waals surface area contributed by atoms with E-state index < -0.39 is 10.0 Å². The van der Waals surface area contributed by atoms with Gasteiger partial charge in [0.25, 0.3) is 10.0 Å². The highest BCUT2D eigenvalue weighted by atomic mass is 32.2. The summed E-state index contributed by atoms with van der Waals surface area (Å²) in [7, 11) is -2.06. The van der Waals surface area contributed by atoms with Crippen LogP contribution in [-0.4, -0.2) is 28.6 Å². The molecule has 1 fully saturated rings. The van der Waals surface area contributed by atoms with Gasteiger partial charge in [-0.15, -0.1) is 11.3 Å². The second-order valence-electron chi connectivity index (χ2n) is 6.11. The molecule has 0 atom stereocenters. The van der Waals surface area contributed by atoms with Crippen molar-refractivity contribution in [1.29, 1.82) is 0 Å². The molecule has 0 amide bonds. The second-order valence-corrected chi connectivity index (χ2v) is 9.19. The van der Waals surface area contributed by atoms with Gasteiger partial charge in [0.15, 0.2) is 0 Å². The molecule has 5 nitrogen and oxygen atoms in total. The molecule has 1 N–H and O–H groups in total. The Balaban J connectivity index is 1.89. The van der Waals surface area contributed by atoms with Crippen LogP contribution in [0.2, 0.25) is 0 Å². The number of piperidine rings is 1. The summed E-state index contributed by atoms with van der Waals surface area (Å²) in [6.07, 6.45) is 4.42. The lowest BCUT2D eigenvalue weighted by molar-refractivity contribution is 0.417. The summed E-state index contributed by atoms with van der Waals surface area (Å²) < 4.78 is 33.8. The molecule has 2 heterocycles. The van der Waals surface area contributed by atoms with E-state index in [1.807, 2.05) is 31.2 Å². The van der Waals surface area contributed by atoms with Gasteiger partial charge in [0, 0.05) is 23.7 Å². The van der Waals surface area contributed by atoms with E-state index >= 15 is 0 Å². The zero-order valence-corrected chi connectivity index (χ0v) is 16.3. The van der Waals surface area contributed by atoms with Crippen LogP contribution in [0.3, 0.4) is 0 Å². The van der Waals surface area contributed by atoms with Gasteiger partial charge < -0.3 is 9.64 Å². The number of ether oxygens (including phenoxy) is 1. The standard InChI is InChI=1S/C18H24N2O3S2/c1-3-15-8-10-18(24-15)25(21,22)19-16-13-14(7-9-17(16)23-2)20-11-5-4-6-12-20/h7-10,13,19H,3-6,11-12H2,1-2H3. The summed E-state index contributed by atoms with van der Waals surface area (Å²) in [6.45, 7) is 4.02. The van der Waals surface area contributed by atoms with Crippen molar-refractivity contribution in [2.75, 3.05) is 29.8 Å². The fourth-order valence-corrected chi connectivity index (χ4v) is 5.37. The largest absolute Gasteiger partial charge is 0.495 e. The van der Waals surface area contributed by atoms with Crippen LogP contribution < -0.4 is 14.4 Å². The number of sulfonamides is 1. The van der Waals surface area contributed by atoms with Gasteiger partial charge in [-0.05, 0) is 56.0 Å². The molecule has 0 saturated carbocycles. The van der Waals surface area contributed by atoms with Crippen molar-refractivity contribution < 1.29 is 13.2 Å². The predicted molar refractivity (Wildman–Crippen MR) is 104 cm³/mol. The van der Waals surface area contributed by atoms with Crippen LogP contribution in [0.1, 0.15) is 31.1 Å². The van der Waals surface area contributed by atoms with Gasteiger partial charge in [-0.1, -0.05) is 6.92 Å². The number of hydrogen-bond acceptors (Lipinski definition) is 5. The number of methoxy groups -OCH3 is 1. The number of benzene rings is 1. The minimum atomic E-state index is -3.61. The summed E-state index contributed by atoms with van der Waals surface area (Å²) in [6, 6.07) is 9.21. The molecule has 0 spiro atoms. The summed E-state index contributed by atoms with van der Waals surface area (Å²) >= 11 is 1.30. The van der Waals surface area contributed by atoms with Crippen molar-refractivity contribution in [3.8, 4) is 5.75 Å². The molecule has 0 unspecified atom stereocenters. The second kappa shape index (κ2) is 7.66. The molecular weight excluding hydrogens is 356 g/mol. The number of hydrogen-bond donors (Lipinski definition) is 1. The van der Waals surface area contributed by atoms with Gasteiger partial charge in [-0.25, -0.2) is 8.42 Å².